The van der Waals surface area contributed by atoms with Crippen LogP contribution in [0.15, 0.2) is 48.8 Å². The highest BCUT2D eigenvalue weighted by Gasteiger charge is 2.35. The van der Waals surface area contributed by atoms with Crippen molar-refractivity contribution in [3.05, 3.63) is 59.9 Å². The Morgan fingerprint density at radius 2 is 1.69 bits per heavy atom. The Morgan fingerprint density at radius 1 is 1.00 bits per heavy atom. The number of hydrogen-bond donors (Lipinski definition) is 1. The molecule has 1 N–H and O–H groups in total. The van der Waals surface area contributed by atoms with Gasteiger partial charge in [0.15, 0.2) is 0 Å². The molecule has 2 heterocycles. The molecule has 6 heteroatoms. The van der Waals surface area contributed by atoms with Crippen molar-refractivity contribution in [2.75, 3.05) is 19.6 Å². The summed E-state index contributed by atoms with van der Waals surface area (Å²) in [4.78, 5) is 30.4. The van der Waals surface area contributed by atoms with E-state index in [0.717, 1.165) is 56.5 Å². The molecular weight excluding hydrogens is 366 g/mol. The number of aromatic nitrogens is 1. The van der Waals surface area contributed by atoms with Gasteiger partial charge in [-0.1, -0.05) is 0 Å². The van der Waals surface area contributed by atoms with E-state index in [1.807, 2.05) is 29.2 Å². The Balaban J connectivity index is 1.20. The number of nitrogens with zero attached hydrogens (tertiary/aromatic N) is 2. The van der Waals surface area contributed by atoms with Crippen molar-refractivity contribution >= 4 is 11.8 Å². The molecule has 1 saturated carbocycles. The van der Waals surface area contributed by atoms with Gasteiger partial charge in [0.05, 0.1) is 0 Å². The molecule has 0 spiro atoms. The molecular formula is C23H27N3O3. The lowest BCUT2D eigenvalue weighted by Gasteiger charge is -2.32. The fraction of sp³-hybridized carbons (Fsp3) is 0.435. The normalized spacial score (nSPS) is 17.0. The fourth-order valence-electron chi connectivity index (χ4n) is 3.63. The van der Waals surface area contributed by atoms with Crippen LogP contribution in [0.1, 0.15) is 41.6 Å². The molecule has 0 unspecified atom stereocenters. The van der Waals surface area contributed by atoms with Crippen LogP contribution < -0.4 is 10.1 Å². The second kappa shape index (κ2) is 9.07. The summed E-state index contributed by atoms with van der Waals surface area (Å²) in [5.74, 6) is 1.29. The molecule has 1 aliphatic heterocycles. The van der Waals surface area contributed by atoms with Crippen LogP contribution in [0.2, 0.25) is 0 Å². The van der Waals surface area contributed by atoms with Gasteiger partial charge in [-0.15, -0.1) is 0 Å². The number of piperidine rings is 1. The van der Waals surface area contributed by atoms with Gasteiger partial charge in [0.2, 0.25) is 5.91 Å². The number of pyridine rings is 1. The van der Waals surface area contributed by atoms with Gasteiger partial charge in [0.25, 0.3) is 5.91 Å². The van der Waals surface area contributed by atoms with Crippen LogP contribution in [-0.2, 0) is 11.2 Å². The summed E-state index contributed by atoms with van der Waals surface area (Å²) in [6.07, 6.45) is 8.23. The van der Waals surface area contributed by atoms with E-state index in [2.05, 4.69) is 10.3 Å². The van der Waals surface area contributed by atoms with E-state index >= 15 is 0 Å². The smallest absolute Gasteiger partial charge is 0.251 e. The van der Waals surface area contributed by atoms with Crippen LogP contribution in [0, 0.1) is 5.92 Å². The lowest BCUT2D eigenvalue weighted by atomic mass is 10.1. The third kappa shape index (κ3) is 5.34. The van der Waals surface area contributed by atoms with Gasteiger partial charge in [-0.2, -0.15) is 0 Å². The Bertz CT molecular complexity index is 826. The van der Waals surface area contributed by atoms with E-state index in [0.29, 0.717) is 18.0 Å². The average Bonchev–Trinajstić information content (AvgIpc) is 3.60. The highest BCUT2D eigenvalue weighted by atomic mass is 16.5. The van der Waals surface area contributed by atoms with Gasteiger partial charge in [0, 0.05) is 56.4 Å². The Kier molecular flexibility index (Phi) is 6.08. The molecule has 2 amide bonds. The first kappa shape index (κ1) is 19.4. The van der Waals surface area contributed by atoms with Crippen molar-refractivity contribution in [2.45, 2.75) is 38.2 Å². The molecule has 2 aromatic rings. The molecule has 29 heavy (non-hydrogen) atoms. The largest absolute Gasteiger partial charge is 0.490 e. The number of nitrogens with one attached hydrogen (secondary N) is 1. The van der Waals surface area contributed by atoms with Crippen molar-refractivity contribution in [3.63, 3.8) is 0 Å². The van der Waals surface area contributed by atoms with Gasteiger partial charge in [-0.3, -0.25) is 14.6 Å². The predicted molar refractivity (Wildman–Crippen MR) is 110 cm³/mol. The quantitative estimate of drug-likeness (QED) is 0.785. The topological polar surface area (TPSA) is 71.5 Å². The Hall–Kier alpha value is -2.89. The highest BCUT2D eigenvalue weighted by molar-refractivity contribution is 5.94. The minimum atomic E-state index is -0.0856. The molecule has 1 saturated heterocycles. The molecule has 0 atom stereocenters. The van der Waals surface area contributed by atoms with E-state index < -0.39 is 0 Å². The maximum Gasteiger partial charge on any atom is 0.251 e. The number of hydrogen-bond acceptors (Lipinski definition) is 4. The maximum absolute atomic E-state index is 12.3. The summed E-state index contributed by atoms with van der Waals surface area (Å²) in [5, 5.41) is 2.94. The molecule has 1 aromatic heterocycles. The van der Waals surface area contributed by atoms with Crippen LogP contribution >= 0.6 is 0 Å². The monoisotopic (exact) mass is 393 g/mol. The van der Waals surface area contributed by atoms with E-state index in [9.17, 15) is 9.59 Å². The van der Waals surface area contributed by atoms with E-state index in [1.165, 1.54) is 0 Å². The van der Waals surface area contributed by atoms with Crippen LogP contribution in [0.5, 0.6) is 5.75 Å². The Morgan fingerprint density at radius 3 is 2.34 bits per heavy atom. The standard InChI is InChI=1S/C23H27N3O3/c27-22(25-14-9-17-7-12-24-13-8-17)18-3-5-20(6-4-18)29-21-10-15-26(16-11-21)23(28)19-1-2-19/h3-8,12-13,19,21H,1-2,9-11,14-16H2,(H,25,27). The summed E-state index contributed by atoms with van der Waals surface area (Å²) < 4.78 is 6.06. The number of amides is 2. The van der Waals surface area contributed by atoms with Crippen LogP contribution in [-0.4, -0.2) is 47.4 Å². The first-order chi connectivity index (χ1) is 14.2. The average molecular weight is 393 g/mol. The van der Waals surface area contributed by atoms with Crippen molar-refractivity contribution < 1.29 is 14.3 Å². The summed E-state index contributed by atoms with van der Waals surface area (Å²) in [6, 6.07) is 11.2. The van der Waals surface area contributed by atoms with Crippen molar-refractivity contribution in [1.29, 1.82) is 0 Å². The SMILES string of the molecule is O=C(NCCc1ccncc1)c1ccc(OC2CCN(C(=O)C3CC3)CC2)cc1. The molecule has 4 rings (SSSR count). The van der Waals surface area contributed by atoms with Gasteiger partial charge >= 0.3 is 0 Å². The van der Waals surface area contributed by atoms with Gasteiger partial charge in [-0.25, -0.2) is 0 Å². The second-order valence-electron chi connectivity index (χ2n) is 7.80. The zero-order valence-electron chi connectivity index (χ0n) is 16.5. The van der Waals surface area contributed by atoms with Crippen molar-refractivity contribution in [2.24, 2.45) is 5.92 Å². The number of likely N-dealkylation sites (tertiary alicyclic amines) is 1. The minimum Gasteiger partial charge on any atom is -0.490 e. The maximum atomic E-state index is 12.3. The highest BCUT2D eigenvalue weighted by Crippen LogP contribution is 2.32. The first-order valence-corrected chi connectivity index (χ1v) is 10.4. The zero-order chi connectivity index (χ0) is 20.1. The van der Waals surface area contributed by atoms with Gasteiger partial charge < -0.3 is 15.0 Å². The second-order valence-corrected chi connectivity index (χ2v) is 7.80. The molecule has 1 aromatic carbocycles. The van der Waals surface area contributed by atoms with E-state index in [4.69, 9.17) is 4.74 Å². The van der Waals surface area contributed by atoms with Crippen LogP contribution in [0.4, 0.5) is 0 Å². The number of benzene rings is 1. The molecule has 2 fully saturated rings. The minimum absolute atomic E-state index is 0.0856. The molecule has 0 radical (unpaired) electrons. The van der Waals surface area contributed by atoms with Gasteiger partial charge in [-0.05, 0) is 61.2 Å². The molecule has 0 bridgehead atoms. The van der Waals surface area contributed by atoms with E-state index in [-0.39, 0.29) is 17.9 Å². The number of rotatable bonds is 7. The third-order valence-corrected chi connectivity index (χ3v) is 5.55. The molecule has 6 nitrogen and oxygen atoms in total. The molecule has 1 aliphatic carbocycles. The van der Waals surface area contributed by atoms with Crippen LogP contribution in [0.25, 0.3) is 0 Å². The van der Waals surface area contributed by atoms with Crippen molar-refractivity contribution in [3.8, 4) is 5.75 Å². The number of carbonyl (C=O) groups excluding carboxylic acids is 2. The van der Waals surface area contributed by atoms with Crippen LogP contribution in [0.3, 0.4) is 0 Å². The first-order valence-electron chi connectivity index (χ1n) is 10.4. The van der Waals surface area contributed by atoms with E-state index in [1.54, 1.807) is 24.5 Å². The summed E-state index contributed by atoms with van der Waals surface area (Å²) in [5.41, 5.74) is 1.77. The lowest BCUT2D eigenvalue weighted by molar-refractivity contribution is -0.134. The lowest BCUT2D eigenvalue weighted by Crippen LogP contribution is -2.42. The number of carbonyl (C=O) groups is 2. The Labute approximate surface area is 171 Å². The van der Waals surface area contributed by atoms with Crippen molar-refractivity contribution in [1.82, 2.24) is 15.2 Å². The molecule has 152 valence electrons. The zero-order valence-corrected chi connectivity index (χ0v) is 16.5. The summed E-state index contributed by atoms with van der Waals surface area (Å²) in [7, 11) is 0. The third-order valence-electron chi connectivity index (χ3n) is 5.55. The molecule has 2 aliphatic rings. The summed E-state index contributed by atoms with van der Waals surface area (Å²) in [6.45, 7) is 2.13. The predicted octanol–water partition coefficient (Wildman–Crippen LogP) is 2.83. The van der Waals surface area contributed by atoms with Gasteiger partial charge in [0.1, 0.15) is 11.9 Å². The summed E-state index contributed by atoms with van der Waals surface area (Å²) >= 11 is 0. The fourth-order valence-corrected chi connectivity index (χ4v) is 3.63. The number of ether oxygens (including phenoxy) is 1.